The van der Waals surface area contributed by atoms with Crippen molar-refractivity contribution in [3.05, 3.63) is 64.4 Å². The second-order valence-corrected chi connectivity index (χ2v) is 8.38. The topological polar surface area (TPSA) is 93.1 Å². The summed E-state index contributed by atoms with van der Waals surface area (Å²) in [7, 11) is 0. The van der Waals surface area contributed by atoms with Crippen LogP contribution >= 0.6 is 11.8 Å². The lowest BCUT2D eigenvalue weighted by Crippen LogP contribution is -2.34. The molecule has 1 fully saturated rings. The smallest absolute Gasteiger partial charge is 0.262 e. The number of carbonyl (C=O) groups is 2. The molecule has 3 aromatic rings. The van der Waals surface area contributed by atoms with Gasteiger partial charge in [0.05, 0.1) is 23.2 Å². The van der Waals surface area contributed by atoms with Crippen molar-refractivity contribution in [2.75, 3.05) is 17.6 Å². The number of hydrogen-bond acceptors (Lipinski definition) is 5. The Bertz CT molecular complexity index is 1190. The molecule has 0 spiro atoms. The van der Waals surface area contributed by atoms with E-state index in [-0.39, 0.29) is 35.7 Å². The molecule has 1 heterocycles. The van der Waals surface area contributed by atoms with E-state index in [4.69, 9.17) is 0 Å². The van der Waals surface area contributed by atoms with Gasteiger partial charge in [-0.15, -0.1) is 0 Å². The number of aromatic nitrogens is 2. The number of thioether (sulfide) groups is 1. The maximum Gasteiger partial charge on any atom is 0.262 e. The second kappa shape index (κ2) is 9.34. The lowest BCUT2D eigenvalue weighted by atomic mass is 10.1. The van der Waals surface area contributed by atoms with E-state index in [1.54, 1.807) is 16.7 Å². The fourth-order valence-electron chi connectivity index (χ4n) is 3.39. The molecule has 1 saturated carbocycles. The van der Waals surface area contributed by atoms with Crippen LogP contribution in [0.2, 0.25) is 0 Å². The van der Waals surface area contributed by atoms with E-state index < -0.39 is 0 Å². The van der Waals surface area contributed by atoms with Gasteiger partial charge in [-0.25, -0.2) is 4.98 Å². The van der Waals surface area contributed by atoms with E-state index in [0.29, 0.717) is 16.1 Å². The first kappa shape index (κ1) is 21.1. The molecule has 2 amide bonds. The fourth-order valence-corrected chi connectivity index (χ4v) is 4.28. The molecule has 1 aliphatic rings. The Morgan fingerprint density at radius 2 is 1.84 bits per heavy atom. The molecule has 160 valence electrons. The van der Waals surface area contributed by atoms with Gasteiger partial charge in [-0.1, -0.05) is 49.0 Å². The molecule has 0 bridgehead atoms. The largest absolute Gasteiger partial charge is 0.346 e. The van der Waals surface area contributed by atoms with Gasteiger partial charge in [0.1, 0.15) is 0 Å². The van der Waals surface area contributed by atoms with Gasteiger partial charge in [0.2, 0.25) is 11.8 Å². The number of nitrogens with one attached hydrogen (secondary N) is 2. The van der Waals surface area contributed by atoms with Gasteiger partial charge in [-0.05, 0) is 43.0 Å². The molecule has 0 unspecified atom stereocenters. The number of amides is 2. The third-order valence-corrected chi connectivity index (χ3v) is 6.09. The summed E-state index contributed by atoms with van der Waals surface area (Å²) in [5, 5.41) is 6.61. The van der Waals surface area contributed by atoms with Crippen molar-refractivity contribution in [1.29, 1.82) is 0 Å². The van der Waals surface area contributed by atoms with Crippen LogP contribution in [0.5, 0.6) is 0 Å². The molecule has 1 aliphatic carbocycles. The molecule has 7 nitrogen and oxygen atoms in total. The summed E-state index contributed by atoms with van der Waals surface area (Å²) in [4.78, 5) is 42.0. The van der Waals surface area contributed by atoms with E-state index in [1.165, 1.54) is 11.8 Å². The Morgan fingerprint density at radius 1 is 1.10 bits per heavy atom. The molecule has 2 N–H and O–H groups in total. The Balaban J connectivity index is 1.37. The molecule has 31 heavy (non-hydrogen) atoms. The van der Waals surface area contributed by atoms with Gasteiger partial charge in [-0.3, -0.25) is 19.0 Å². The Hall–Kier alpha value is -3.13. The van der Waals surface area contributed by atoms with Crippen molar-refractivity contribution < 1.29 is 9.59 Å². The third kappa shape index (κ3) is 4.96. The Labute approximate surface area is 184 Å². The summed E-state index contributed by atoms with van der Waals surface area (Å²) in [5.74, 6) is -0.484. The average Bonchev–Trinajstić information content (AvgIpc) is 3.62. The number of hydrogen-bond donors (Lipinski definition) is 2. The van der Waals surface area contributed by atoms with Crippen molar-refractivity contribution in [3.8, 4) is 0 Å². The van der Waals surface area contributed by atoms with Crippen molar-refractivity contribution in [2.45, 2.75) is 37.4 Å². The quantitative estimate of drug-likeness (QED) is 0.418. The highest BCUT2D eigenvalue weighted by Gasteiger charge is 2.28. The molecule has 4 rings (SSSR count). The van der Waals surface area contributed by atoms with Crippen LogP contribution < -0.4 is 16.2 Å². The highest BCUT2D eigenvalue weighted by Crippen LogP contribution is 2.36. The first-order valence-corrected chi connectivity index (χ1v) is 11.3. The van der Waals surface area contributed by atoms with E-state index >= 15 is 0 Å². The molecule has 2 aromatic carbocycles. The average molecular weight is 437 g/mol. The molecule has 0 aliphatic heterocycles. The van der Waals surface area contributed by atoms with Gasteiger partial charge < -0.3 is 10.6 Å². The van der Waals surface area contributed by atoms with E-state index in [2.05, 4.69) is 15.6 Å². The van der Waals surface area contributed by atoms with E-state index in [0.717, 1.165) is 30.5 Å². The minimum Gasteiger partial charge on any atom is -0.346 e. The molecule has 0 atom stereocenters. The van der Waals surface area contributed by atoms with Crippen molar-refractivity contribution >= 4 is 40.2 Å². The number of anilines is 1. The monoisotopic (exact) mass is 436 g/mol. The predicted molar refractivity (Wildman–Crippen MR) is 122 cm³/mol. The third-order valence-electron chi connectivity index (χ3n) is 5.14. The summed E-state index contributed by atoms with van der Waals surface area (Å²) in [6.45, 7) is 1.91. The summed E-state index contributed by atoms with van der Waals surface area (Å²) >= 11 is 1.22. The summed E-state index contributed by atoms with van der Waals surface area (Å²) in [5.41, 5.74) is 2.36. The zero-order valence-electron chi connectivity index (χ0n) is 17.3. The number of benzene rings is 2. The lowest BCUT2D eigenvalue weighted by Gasteiger charge is -2.12. The number of fused-ring (bicyclic) bond motifs is 1. The van der Waals surface area contributed by atoms with Crippen LogP contribution in [0.1, 0.15) is 31.4 Å². The Kier molecular flexibility index (Phi) is 6.36. The van der Waals surface area contributed by atoms with Crippen LogP contribution in [0.4, 0.5) is 5.69 Å². The minimum absolute atomic E-state index is 0.0648. The molecule has 0 saturated heterocycles. The maximum absolute atomic E-state index is 12.9. The SMILES string of the molecule is CCc1ccccc1NC(=O)CNC(=O)CSc1nc2ccccc2c(=O)n1C1CC1. The normalized spacial score (nSPS) is 13.2. The van der Waals surface area contributed by atoms with Crippen molar-refractivity contribution in [3.63, 3.8) is 0 Å². The maximum atomic E-state index is 12.9. The molecule has 0 radical (unpaired) electrons. The zero-order chi connectivity index (χ0) is 21.8. The highest BCUT2D eigenvalue weighted by molar-refractivity contribution is 7.99. The number of carbonyl (C=O) groups excluding carboxylic acids is 2. The molecular formula is C23H24N4O3S. The molecule has 1 aromatic heterocycles. The fraction of sp³-hybridized carbons (Fsp3) is 0.304. The van der Waals surface area contributed by atoms with Crippen LogP contribution in [0, 0.1) is 0 Å². The van der Waals surface area contributed by atoms with Gasteiger partial charge in [0.25, 0.3) is 5.56 Å². The summed E-state index contributed by atoms with van der Waals surface area (Å²) < 4.78 is 1.70. The first-order valence-electron chi connectivity index (χ1n) is 10.4. The Morgan fingerprint density at radius 3 is 2.61 bits per heavy atom. The summed E-state index contributed by atoms with van der Waals surface area (Å²) in [6, 6.07) is 15.0. The van der Waals surface area contributed by atoms with Gasteiger partial charge in [-0.2, -0.15) is 0 Å². The van der Waals surface area contributed by atoms with Crippen LogP contribution in [0.15, 0.2) is 58.5 Å². The minimum atomic E-state index is -0.284. The number of rotatable bonds is 8. The molecule has 8 heteroatoms. The van der Waals surface area contributed by atoms with E-state index in [1.807, 2.05) is 43.3 Å². The summed E-state index contributed by atoms with van der Waals surface area (Å²) in [6.07, 6.45) is 2.69. The standard InChI is InChI=1S/C23H24N4O3S/c1-2-15-7-3-5-9-18(15)25-20(28)13-24-21(29)14-31-23-26-19-10-6-4-8-17(19)22(30)27(23)16-11-12-16/h3-10,16H,2,11-14H2,1H3,(H,24,29)(H,25,28). The zero-order valence-corrected chi connectivity index (χ0v) is 18.1. The molecular weight excluding hydrogens is 412 g/mol. The lowest BCUT2D eigenvalue weighted by molar-refractivity contribution is -0.122. The van der Waals surface area contributed by atoms with Gasteiger partial charge >= 0.3 is 0 Å². The highest BCUT2D eigenvalue weighted by atomic mass is 32.2. The van der Waals surface area contributed by atoms with Crippen LogP contribution in [0.25, 0.3) is 10.9 Å². The van der Waals surface area contributed by atoms with Gasteiger partial charge in [0, 0.05) is 11.7 Å². The van der Waals surface area contributed by atoms with E-state index in [9.17, 15) is 14.4 Å². The number of aryl methyl sites for hydroxylation is 1. The number of para-hydroxylation sites is 2. The van der Waals surface area contributed by atoms with Crippen LogP contribution in [-0.2, 0) is 16.0 Å². The second-order valence-electron chi connectivity index (χ2n) is 7.44. The first-order chi connectivity index (χ1) is 15.1. The van der Waals surface area contributed by atoms with Gasteiger partial charge in [0.15, 0.2) is 5.16 Å². The van der Waals surface area contributed by atoms with Crippen molar-refractivity contribution in [1.82, 2.24) is 14.9 Å². The van der Waals surface area contributed by atoms with Crippen LogP contribution in [-0.4, -0.2) is 33.7 Å². The van der Waals surface area contributed by atoms with Crippen molar-refractivity contribution in [2.24, 2.45) is 0 Å². The predicted octanol–water partition coefficient (Wildman–Crippen LogP) is 3.14. The number of nitrogens with zero attached hydrogens (tertiary/aromatic N) is 2. The van der Waals surface area contributed by atoms with Crippen LogP contribution in [0.3, 0.4) is 0 Å².